The number of hydrogen-bond acceptors (Lipinski definition) is 6. The third kappa shape index (κ3) is 3.15. The van der Waals surface area contributed by atoms with Crippen LogP contribution in [0.15, 0.2) is 48.2 Å². The average Bonchev–Trinajstić information content (AvgIpc) is 2.56. The first-order chi connectivity index (χ1) is 11.9. The van der Waals surface area contributed by atoms with E-state index in [2.05, 4.69) is 5.32 Å². The monoisotopic (exact) mass is 361 g/mol. The Morgan fingerprint density at radius 2 is 2.04 bits per heavy atom. The van der Waals surface area contributed by atoms with Crippen LogP contribution in [0.5, 0.6) is 11.5 Å². The van der Waals surface area contributed by atoms with E-state index < -0.39 is 23.8 Å². The maximum atomic E-state index is 12.5. The Morgan fingerprint density at radius 1 is 1.28 bits per heavy atom. The van der Waals surface area contributed by atoms with Gasteiger partial charge in [0.25, 0.3) is 0 Å². The number of aliphatic hydroxyl groups excluding tert-OH is 1. The molecule has 0 unspecified atom stereocenters. The van der Waals surface area contributed by atoms with Crippen molar-refractivity contribution in [2.45, 2.75) is 6.29 Å². The molecule has 8 heteroatoms. The van der Waals surface area contributed by atoms with Crippen molar-refractivity contribution in [2.75, 3.05) is 5.32 Å². The summed E-state index contributed by atoms with van der Waals surface area (Å²) in [6.07, 6.45) is -0.365. The van der Waals surface area contributed by atoms with Crippen molar-refractivity contribution >= 4 is 29.0 Å². The molecular formula is C17H12ClNO6. The molecule has 0 spiro atoms. The minimum absolute atomic E-state index is 0.0595. The maximum absolute atomic E-state index is 12.5. The number of Topliss-reactive ketones (excluding diaryl/α,β-unsaturated/α-hetero) is 1. The Morgan fingerprint density at radius 3 is 2.76 bits per heavy atom. The summed E-state index contributed by atoms with van der Waals surface area (Å²) in [5.41, 5.74) is -0.166. The van der Waals surface area contributed by atoms with Crippen LogP contribution in [0.3, 0.4) is 0 Å². The number of halogens is 1. The molecule has 0 aliphatic carbocycles. The Kier molecular flexibility index (Phi) is 4.35. The molecule has 3 rings (SSSR count). The van der Waals surface area contributed by atoms with Crippen LogP contribution in [-0.4, -0.2) is 33.4 Å². The molecule has 2 aromatic carbocycles. The highest BCUT2D eigenvalue weighted by Gasteiger charge is 2.30. The Balaban J connectivity index is 1.93. The highest BCUT2D eigenvalue weighted by Crippen LogP contribution is 2.33. The van der Waals surface area contributed by atoms with Crippen LogP contribution in [0.1, 0.15) is 20.7 Å². The number of rotatable bonds is 3. The Hall–Kier alpha value is -3.03. The van der Waals surface area contributed by atoms with Crippen molar-refractivity contribution in [2.24, 2.45) is 0 Å². The smallest absolute Gasteiger partial charge is 0.339 e. The van der Waals surface area contributed by atoms with E-state index >= 15 is 0 Å². The Bertz CT molecular complexity index is 908. The fraction of sp³-hybridized carbons (Fsp3) is 0.0588. The summed E-state index contributed by atoms with van der Waals surface area (Å²) < 4.78 is 5.26. The van der Waals surface area contributed by atoms with Crippen LogP contribution >= 0.6 is 11.6 Å². The average molecular weight is 362 g/mol. The van der Waals surface area contributed by atoms with Crippen molar-refractivity contribution in [1.82, 2.24) is 0 Å². The van der Waals surface area contributed by atoms with Crippen LogP contribution in [0.25, 0.3) is 0 Å². The van der Waals surface area contributed by atoms with E-state index in [4.69, 9.17) is 21.4 Å². The highest BCUT2D eigenvalue weighted by atomic mass is 35.5. The van der Waals surface area contributed by atoms with Crippen LogP contribution in [0.4, 0.5) is 5.69 Å². The highest BCUT2D eigenvalue weighted by molar-refractivity contribution is 6.31. The zero-order chi connectivity index (χ0) is 18.1. The second-order valence-corrected chi connectivity index (χ2v) is 5.63. The number of hydrogen-bond donors (Lipinski definition) is 4. The summed E-state index contributed by atoms with van der Waals surface area (Å²) >= 11 is 5.87. The van der Waals surface area contributed by atoms with Gasteiger partial charge in [0, 0.05) is 11.2 Å². The fourth-order valence-corrected chi connectivity index (χ4v) is 2.53. The maximum Gasteiger partial charge on any atom is 0.339 e. The van der Waals surface area contributed by atoms with Crippen LogP contribution < -0.4 is 10.1 Å². The van der Waals surface area contributed by atoms with Gasteiger partial charge in [-0.25, -0.2) is 4.79 Å². The van der Waals surface area contributed by atoms with Gasteiger partial charge < -0.3 is 25.4 Å². The number of ketones is 1. The number of fused-ring (bicyclic) bond motifs is 1. The summed E-state index contributed by atoms with van der Waals surface area (Å²) in [6.45, 7) is 0. The van der Waals surface area contributed by atoms with E-state index in [0.717, 1.165) is 6.20 Å². The number of aromatic hydroxyl groups is 1. The topological polar surface area (TPSA) is 116 Å². The predicted octanol–water partition coefficient (Wildman–Crippen LogP) is 2.63. The zero-order valence-corrected chi connectivity index (χ0v) is 13.3. The third-order valence-corrected chi connectivity index (χ3v) is 3.84. The normalized spacial score (nSPS) is 17.8. The SMILES string of the molecule is O=C1/C(=C/Nc2cccc(C(=O)O)c2O)[C@@H](O)Oc2ccc(Cl)cc21. The lowest BCUT2D eigenvalue weighted by Gasteiger charge is -2.24. The summed E-state index contributed by atoms with van der Waals surface area (Å²) in [7, 11) is 0. The molecule has 2 aromatic rings. The van der Waals surface area contributed by atoms with E-state index in [-0.39, 0.29) is 28.1 Å². The molecule has 4 N–H and O–H groups in total. The van der Waals surface area contributed by atoms with Gasteiger partial charge in [-0.1, -0.05) is 17.7 Å². The van der Waals surface area contributed by atoms with Crippen LogP contribution in [-0.2, 0) is 0 Å². The van der Waals surface area contributed by atoms with E-state index in [9.17, 15) is 19.8 Å². The number of para-hydroxylation sites is 1. The molecule has 1 aliphatic rings. The Labute approximate surface area is 146 Å². The molecule has 0 amide bonds. The summed E-state index contributed by atoms with van der Waals surface area (Å²) in [5, 5.41) is 31.9. The molecule has 0 fully saturated rings. The first-order valence-corrected chi connectivity index (χ1v) is 7.47. The first kappa shape index (κ1) is 16.8. The number of aliphatic hydroxyl groups is 1. The number of nitrogens with one attached hydrogen (secondary N) is 1. The van der Waals surface area contributed by atoms with Gasteiger partial charge in [0.1, 0.15) is 11.3 Å². The van der Waals surface area contributed by atoms with E-state index in [1.165, 1.54) is 36.4 Å². The lowest BCUT2D eigenvalue weighted by atomic mass is 10.00. The molecule has 7 nitrogen and oxygen atoms in total. The molecule has 1 atom stereocenters. The van der Waals surface area contributed by atoms with Crippen molar-refractivity contribution in [3.05, 3.63) is 64.3 Å². The van der Waals surface area contributed by atoms with Gasteiger partial charge in [0.15, 0.2) is 5.75 Å². The minimum atomic E-state index is -1.52. The molecule has 0 radical (unpaired) electrons. The number of ether oxygens (including phenoxy) is 1. The number of carboxylic acid groups (broad SMARTS) is 1. The van der Waals surface area contributed by atoms with Gasteiger partial charge in [-0.3, -0.25) is 4.79 Å². The zero-order valence-electron chi connectivity index (χ0n) is 12.6. The second kappa shape index (κ2) is 6.46. The van der Waals surface area contributed by atoms with Crippen molar-refractivity contribution in [3.8, 4) is 11.5 Å². The molecule has 0 aromatic heterocycles. The number of anilines is 1. The van der Waals surface area contributed by atoms with Gasteiger partial charge in [0.05, 0.1) is 16.8 Å². The van der Waals surface area contributed by atoms with Crippen LogP contribution in [0.2, 0.25) is 5.02 Å². The number of carboxylic acids is 1. The standard InChI is InChI=1S/C17H12ClNO6/c18-8-4-5-13-10(6-8)14(20)11(17(24)25-13)7-19-12-3-1-2-9(15(12)21)16(22)23/h1-7,17,19,21,24H,(H,22,23)/b11-7-/t17-/m0/s1. The van der Waals surface area contributed by atoms with Crippen molar-refractivity contribution in [3.63, 3.8) is 0 Å². The van der Waals surface area contributed by atoms with Gasteiger partial charge in [-0.2, -0.15) is 0 Å². The van der Waals surface area contributed by atoms with E-state index in [1.54, 1.807) is 0 Å². The molecule has 0 saturated heterocycles. The number of carbonyl (C=O) groups is 2. The molecule has 128 valence electrons. The van der Waals surface area contributed by atoms with Gasteiger partial charge >= 0.3 is 5.97 Å². The molecule has 0 bridgehead atoms. The van der Waals surface area contributed by atoms with E-state index in [1.807, 2.05) is 0 Å². The predicted molar refractivity (Wildman–Crippen MR) is 89.2 cm³/mol. The molecule has 0 saturated carbocycles. The number of carbonyl (C=O) groups excluding carboxylic acids is 1. The van der Waals surface area contributed by atoms with Crippen LogP contribution in [0, 0.1) is 0 Å². The third-order valence-electron chi connectivity index (χ3n) is 3.60. The van der Waals surface area contributed by atoms with E-state index in [0.29, 0.717) is 5.02 Å². The summed E-state index contributed by atoms with van der Waals surface area (Å²) in [5.74, 6) is -2.09. The van der Waals surface area contributed by atoms with Crippen molar-refractivity contribution in [1.29, 1.82) is 0 Å². The largest absolute Gasteiger partial charge is 0.505 e. The lowest BCUT2D eigenvalue weighted by molar-refractivity contribution is 0.00782. The number of benzene rings is 2. The summed E-state index contributed by atoms with van der Waals surface area (Å²) in [4.78, 5) is 23.5. The molecular weight excluding hydrogens is 350 g/mol. The molecule has 1 aliphatic heterocycles. The quantitative estimate of drug-likeness (QED) is 0.490. The van der Waals surface area contributed by atoms with Gasteiger partial charge in [-0.15, -0.1) is 0 Å². The van der Waals surface area contributed by atoms with Crippen molar-refractivity contribution < 1.29 is 29.6 Å². The lowest BCUT2D eigenvalue weighted by Crippen LogP contribution is -2.30. The fourth-order valence-electron chi connectivity index (χ4n) is 2.36. The first-order valence-electron chi connectivity index (χ1n) is 7.09. The molecule has 1 heterocycles. The second-order valence-electron chi connectivity index (χ2n) is 5.19. The molecule has 25 heavy (non-hydrogen) atoms. The number of phenols is 1. The van der Waals surface area contributed by atoms with Gasteiger partial charge in [-0.05, 0) is 30.3 Å². The number of aromatic carboxylic acids is 1. The minimum Gasteiger partial charge on any atom is -0.505 e. The van der Waals surface area contributed by atoms with Gasteiger partial charge in [0.2, 0.25) is 12.1 Å². The summed E-state index contributed by atoms with van der Waals surface area (Å²) in [6, 6.07) is 8.51.